The molecule has 1 fully saturated rings. The van der Waals surface area contributed by atoms with Crippen molar-refractivity contribution < 1.29 is 5.11 Å². The van der Waals surface area contributed by atoms with E-state index in [9.17, 15) is 5.11 Å². The molecule has 2 unspecified atom stereocenters. The Morgan fingerprint density at radius 1 is 1.25 bits per heavy atom. The molecule has 112 valence electrons. The molecule has 3 N–H and O–H groups in total. The number of rotatable bonds is 4. The van der Waals surface area contributed by atoms with Crippen molar-refractivity contribution in [2.75, 3.05) is 24.3 Å². The van der Waals surface area contributed by atoms with E-state index in [4.69, 9.17) is 0 Å². The molecule has 1 aromatic rings. The average molecular weight is 278 g/mol. The van der Waals surface area contributed by atoms with Crippen LogP contribution >= 0.6 is 0 Å². The Morgan fingerprint density at radius 3 is 2.55 bits per heavy atom. The fraction of sp³-hybridized carbons (Fsp3) is 0.733. The number of aromatic nitrogens is 2. The van der Waals surface area contributed by atoms with Crippen molar-refractivity contribution in [3.8, 4) is 0 Å². The minimum Gasteiger partial charge on any atom is -0.396 e. The molecule has 1 aliphatic carbocycles. The Hall–Kier alpha value is -1.36. The highest BCUT2D eigenvalue weighted by atomic mass is 16.3. The number of aliphatic hydroxyl groups excluding tert-OH is 1. The molecule has 0 spiro atoms. The van der Waals surface area contributed by atoms with Crippen LogP contribution in [0.4, 0.5) is 11.6 Å². The molecule has 0 amide bonds. The van der Waals surface area contributed by atoms with Gasteiger partial charge in [-0.05, 0) is 12.8 Å². The molecule has 0 aromatic carbocycles. The Balaban J connectivity index is 2.22. The summed E-state index contributed by atoms with van der Waals surface area (Å²) in [5.41, 5.74) is -0.0880. The van der Waals surface area contributed by atoms with Gasteiger partial charge in [-0.1, -0.05) is 27.2 Å². The van der Waals surface area contributed by atoms with E-state index >= 15 is 0 Å². The molecular weight excluding hydrogens is 252 g/mol. The first-order valence-electron chi connectivity index (χ1n) is 7.38. The first-order chi connectivity index (χ1) is 9.44. The van der Waals surface area contributed by atoms with E-state index in [-0.39, 0.29) is 12.0 Å². The summed E-state index contributed by atoms with van der Waals surface area (Å²) < 4.78 is 0. The van der Waals surface area contributed by atoms with E-state index in [1.54, 1.807) is 0 Å². The van der Waals surface area contributed by atoms with E-state index in [1.807, 2.05) is 13.1 Å². The van der Waals surface area contributed by atoms with Gasteiger partial charge in [-0.3, -0.25) is 0 Å². The molecule has 0 radical (unpaired) electrons. The third-order valence-electron chi connectivity index (χ3n) is 3.88. The summed E-state index contributed by atoms with van der Waals surface area (Å²) >= 11 is 0. The van der Waals surface area contributed by atoms with Gasteiger partial charge in [0.05, 0.1) is 0 Å². The molecular formula is C15H26N4O. The van der Waals surface area contributed by atoms with Crippen LogP contribution in [-0.2, 0) is 5.41 Å². The zero-order chi connectivity index (χ0) is 14.8. The summed E-state index contributed by atoms with van der Waals surface area (Å²) in [7, 11) is 1.87. The topological polar surface area (TPSA) is 70.1 Å². The van der Waals surface area contributed by atoms with E-state index < -0.39 is 0 Å². The summed E-state index contributed by atoms with van der Waals surface area (Å²) in [5.74, 6) is 2.83. The zero-order valence-electron chi connectivity index (χ0n) is 12.9. The van der Waals surface area contributed by atoms with Gasteiger partial charge in [0.25, 0.3) is 0 Å². The van der Waals surface area contributed by atoms with E-state index in [2.05, 4.69) is 41.4 Å². The SMILES string of the molecule is CNc1cc(NC2CCCC2CO)nc(C(C)(C)C)n1. The molecule has 1 saturated carbocycles. The maximum absolute atomic E-state index is 9.41. The fourth-order valence-electron chi connectivity index (χ4n) is 2.62. The molecule has 2 rings (SSSR count). The lowest BCUT2D eigenvalue weighted by molar-refractivity contribution is 0.222. The van der Waals surface area contributed by atoms with Crippen LogP contribution in [0.15, 0.2) is 6.07 Å². The summed E-state index contributed by atoms with van der Waals surface area (Å²) in [6.45, 7) is 6.57. The third-order valence-corrected chi connectivity index (χ3v) is 3.88. The van der Waals surface area contributed by atoms with Crippen molar-refractivity contribution in [2.24, 2.45) is 5.92 Å². The molecule has 20 heavy (non-hydrogen) atoms. The van der Waals surface area contributed by atoms with E-state index in [0.29, 0.717) is 12.0 Å². The number of hydrogen-bond acceptors (Lipinski definition) is 5. The van der Waals surface area contributed by atoms with Crippen molar-refractivity contribution in [3.05, 3.63) is 11.9 Å². The standard InChI is InChI=1S/C15H26N4O/c1-15(2,3)14-18-12(16-4)8-13(19-14)17-11-7-5-6-10(11)9-20/h8,10-11,20H,5-7,9H2,1-4H3,(H2,16,17,18,19). The molecule has 0 aliphatic heterocycles. The molecule has 5 heteroatoms. The second-order valence-electron chi connectivity index (χ2n) is 6.59. The number of aliphatic hydroxyl groups is 1. The first-order valence-corrected chi connectivity index (χ1v) is 7.38. The van der Waals surface area contributed by atoms with Crippen molar-refractivity contribution in [1.82, 2.24) is 9.97 Å². The monoisotopic (exact) mass is 278 g/mol. The van der Waals surface area contributed by atoms with E-state index in [1.165, 1.54) is 6.42 Å². The van der Waals surface area contributed by atoms with Crippen LogP contribution in [-0.4, -0.2) is 34.8 Å². The van der Waals surface area contributed by atoms with Crippen LogP contribution in [0.25, 0.3) is 0 Å². The van der Waals surface area contributed by atoms with Crippen LogP contribution < -0.4 is 10.6 Å². The van der Waals surface area contributed by atoms with Crippen molar-refractivity contribution in [1.29, 1.82) is 0 Å². The van der Waals surface area contributed by atoms with Gasteiger partial charge >= 0.3 is 0 Å². The highest BCUT2D eigenvalue weighted by molar-refractivity contribution is 5.48. The largest absolute Gasteiger partial charge is 0.396 e. The Morgan fingerprint density at radius 2 is 1.95 bits per heavy atom. The van der Waals surface area contributed by atoms with Crippen LogP contribution in [0, 0.1) is 5.92 Å². The van der Waals surface area contributed by atoms with Gasteiger partial charge in [0.1, 0.15) is 17.5 Å². The lowest BCUT2D eigenvalue weighted by Crippen LogP contribution is -2.27. The van der Waals surface area contributed by atoms with Crippen LogP contribution in [0.5, 0.6) is 0 Å². The van der Waals surface area contributed by atoms with Crippen LogP contribution in [0.2, 0.25) is 0 Å². The molecule has 2 atom stereocenters. The van der Waals surface area contributed by atoms with Gasteiger partial charge in [0, 0.05) is 37.1 Å². The van der Waals surface area contributed by atoms with E-state index in [0.717, 1.165) is 30.3 Å². The molecule has 0 bridgehead atoms. The lowest BCUT2D eigenvalue weighted by Gasteiger charge is -2.22. The Bertz CT molecular complexity index is 456. The molecule has 5 nitrogen and oxygen atoms in total. The summed E-state index contributed by atoms with van der Waals surface area (Å²) in [4.78, 5) is 9.17. The zero-order valence-corrected chi connectivity index (χ0v) is 12.9. The summed E-state index contributed by atoms with van der Waals surface area (Å²) in [6.07, 6.45) is 3.35. The number of nitrogens with one attached hydrogen (secondary N) is 2. The minimum atomic E-state index is -0.0880. The normalized spacial score (nSPS) is 22.9. The first kappa shape index (κ1) is 15.0. The van der Waals surface area contributed by atoms with Crippen LogP contribution in [0.1, 0.15) is 45.9 Å². The van der Waals surface area contributed by atoms with Crippen LogP contribution in [0.3, 0.4) is 0 Å². The maximum Gasteiger partial charge on any atom is 0.138 e. The smallest absolute Gasteiger partial charge is 0.138 e. The van der Waals surface area contributed by atoms with Gasteiger partial charge in [0.2, 0.25) is 0 Å². The lowest BCUT2D eigenvalue weighted by atomic mass is 9.95. The quantitative estimate of drug-likeness (QED) is 0.789. The van der Waals surface area contributed by atoms with Gasteiger partial charge in [-0.15, -0.1) is 0 Å². The molecule has 0 saturated heterocycles. The summed E-state index contributed by atoms with van der Waals surface area (Å²) in [6, 6.07) is 2.24. The third kappa shape index (κ3) is 3.39. The van der Waals surface area contributed by atoms with Gasteiger partial charge < -0.3 is 15.7 Å². The molecule has 1 aliphatic rings. The van der Waals surface area contributed by atoms with Gasteiger partial charge in [-0.2, -0.15) is 0 Å². The predicted molar refractivity (Wildman–Crippen MR) is 82.1 cm³/mol. The molecule has 1 heterocycles. The number of anilines is 2. The van der Waals surface area contributed by atoms with Gasteiger partial charge in [0.15, 0.2) is 0 Å². The second kappa shape index (κ2) is 5.95. The average Bonchev–Trinajstić information content (AvgIpc) is 2.84. The van der Waals surface area contributed by atoms with Gasteiger partial charge in [-0.25, -0.2) is 9.97 Å². The Labute approximate surface area is 121 Å². The Kier molecular flexibility index (Phi) is 4.48. The highest BCUT2D eigenvalue weighted by Crippen LogP contribution is 2.29. The van der Waals surface area contributed by atoms with Crippen molar-refractivity contribution >= 4 is 11.6 Å². The maximum atomic E-state index is 9.41. The molecule has 1 aromatic heterocycles. The minimum absolute atomic E-state index is 0.0880. The van der Waals surface area contributed by atoms with Crippen molar-refractivity contribution in [2.45, 2.75) is 51.5 Å². The number of hydrogen-bond donors (Lipinski definition) is 3. The fourth-order valence-corrected chi connectivity index (χ4v) is 2.62. The predicted octanol–water partition coefficient (Wildman–Crippen LogP) is 2.39. The highest BCUT2D eigenvalue weighted by Gasteiger charge is 2.27. The number of nitrogens with zero attached hydrogens (tertiary/aromatic N) is 2. The summed E-state index contributed by atoms with van der Waals surface area (Å²) in [5, 5.41) is 16.0. The van der Waals surface area contributed by atoms with Crippen molar-refractivity contribution in [3.63, 3.8) is 0 Å². The second-order valence-corrected chi connectivity index (χ2v) is 6.59.